The van der Waals surface area contributed by atoms with Crippen LogP contribution in [0.2, 0.25) is 0 Å². The number of thiazole rings is 1. The fourth-order valence-corrected chi connectivity index (χ4v) is 5.06. The van der Waals surface area contributed by atoms with Crippen LogP contribution in [0, 0.1) is 0 Å². The molecule has 0 radical (unpaired) electrons. The predicted octanol–water partition coefficient (Wildman–Crippen LogP) is 0.841. The van der Waals surface area contributed by atoms with Crippen molar-refractivity contribution in [2.75, 3.05) is 31.5 Å². The second-order valence-corrected chi connectivity index (χ2v) is 8.53. The second-order valence-electron chi connectivity index (χ2n) is 5.34. The zero-order chi connectivity index (χ0) is 18.0. The molecule has 2 amide bonds. The molecule has 1 fully saturated rings. The van der Waals surface area contributed by atoms with Crippen molar-refractivity contribution < 1.29 is 22.4 Å². The van der Waals surface area contributed by atoms with Gasteiger partial charge in [0.15, 0.2) is 15.1 Å². The molecule has 0 atom stereocenters. The van der Waals surface area contributed by atoms with E-state index in [0.29, 0.717) is 0 Å². The number of amides is 2. The van der Waals surface area contributed by atoms with Gasteiger partial charge < -0.3 is 14.6 Å². The number of rotatable bonds is 4. The van der Waals surface area contributed by atoms with Crippen LogP contribution in [0.5, 0.6) is 0 Å². The molecule has 1 aliphatic heterocycles. The number of anilines is 1. The van der Waals surface area contributed by atoms with E-state index in [0.717, 1.165) is 11.3 Å². The Morgan fingerprint density at radius 3 is 2.60 bits per heavy atom. The van der Waals surface area contributed by atoms with Gasteiger partial charge in [-0.3, -0.25) is 9.59 Å². The third-order valence-corrected chi connectivity index (χ3v) is 6.87. The molecule has 2 aromatic heterocycles. The summed E-state index contributed by atoms with van der Waals surface area (Å²) in [6.45, 7) is 2.24. The van der Waals surface area contributed by atoms with E-state index >= 15 is 0 Å². The van der Waals surface area contributed by atoms with Crippen molar-refractivity contribution in [1.82, 2.24) is 14.2 Å². The summed E-state index contributed by atoms with van der Waals surface area (Å²) >= 11 is 0.899. The molecular formula is C14H16N4O5S2. The number of hydrogen-bond donors (Lipinski definition) is 1. The fraction of sp³-hybridized carbons (Fsp3) is 0.357. The lowest BCUT2D eigenvalue weighted by Gasteiger charge is -2.33. The van der Waals surface area contributed by atoms with Gasteiger partial charge in [-0.05, 0) is 12.1 Å². The van der Waals surface area contributed by atoms with E-state index in [1.54, 1.807) is 17.0 Å². The SMILES string of the molecule is CC(=O)Nc1ncc(S(=O)(=O)N2CCN(C(=O)c3ccco3)CC2)s1. The first kappa shape index (κ1) is 17.6. The Bertz CT molecular complexity index is 867. The van der Waals surface area contributed by atoms with Crippen LogP contribution in [-0.2, 0) is 14.8 Å². The first-order valence-electron chi connectivity index (χ1n) is 7.44. The minimum Gasteiger partial charge on any atom is -0.459 e. The molecule has 3 heterocycles. The van der Waals surface area contributed by atoms with E-state index in [1.165, 1.54) is 23.7 Å². The number of nitrogens with one attached hydrogen (secondary N) is 1. The van der Waals surface area contributed by atoms with E-state index < -0.39 is 10.0 Å². The van der Waals surface area contributed by atoms with Crippen LogP contribution in [0.3, 0.4) is 0 Å². The Morgan fingerprint density at radius 1 is 1.28 bits per heavy atom. The number of sulfonamides is 1. The summed E-state index contributed by atoms with van der Waals surface area (Å²) in [5, 5.41) is 2.69. The van der Waals surface area contributed by atoms with E-state index in [4.69, 9.17) is 4.42 Å². The van der Waals surface area contributed by atoms with Gasteiger partial charge in [-0.2, -0.15) is 4.31 Å². The van der Waals surface area contributed by atoms with Crippen LogP contribution in [0.4, 0.5) is 5.13 Å². The Balaban J connectivity index is 1.66. The van der Waals surface area contributed by atoms with Gasteiger partial charge in [0, 0.05) is 33.1 Å². The quantitative estimate of drug-likeness (QED) is 0.836. The molecule has 25 heavy (non-hydrogen) atoms. The van der Waals surface area contributed by atoms with Gasteiger partial charge in [-0.1, -0.05) is 11.3 Å². The molecule has 0 bridgehead atoms. The van der Waals surface area contributed by atoms with Crippen molar-refractivity contribution in [1.29, 1.82) is 0 Å². The van der Waals surface area contributed by atoms with Gasteiger partial charge in [0.2, 0.25) is 5.91 Å². The first-order chi connectivity index (χ1) is 11.9. The van der Waals surface area contributed by atoms with Crippen LogP contribution in [0.15, 0.2) is 33.2 Å². The lowest BCUT2D eigenvalue weighted by Crippen LogP contribution is -2.50. The summed E-state index contributed by atoms with van der Waals surface area (Å²) in [6.07, 6.45) is 2.65. The van der Waals surface area contributed by atoms with E-state index in [9.17, 15) is 18.0 Å². The van der Waals surface area contributed by atoms with Gasteiger partial charge in [-0.25, -0.2) is 13.4 Å². The molecule has 11 heteroatoms. The summed E-state index contributed by atoms with van der Waals surface area (Å²) in [7, 11) is -3.70. The van der Waals surface area contributed by atoms with Crippen LogP contribution in [0.1, 0.15) is 17.5 Å². The molecule has 9 nitrogen and oxygen atoms in total. The number of carbonyl (C=O) groups excluding carboxylic acids is 2. The number of furan rings is 1. The summed E-state index contributed by atoms with van der Waals surface area (Å²) in [4.78, 5) is 28.7. The van der Waals surface area contributed by atoms with Crippen molar-refractivity contribution >= 4 is 38.3 Å². The average molecular weight is 384 g/mol. The summed E-state index contributed by atoms with van der Waals surface area (Å²) in [5.41, 5.74) is 0. The standard InChI is InChI=1S/C14H16N4O5S2/c1-10(19)16-14-15-9-12(24-14)25(21,22)18-6-4-17(5-7-18)13(20)11-3-2-8-23-11/h2-3,8-9H,4-7H2,1H3,(H,15,16,19). The van der Waals surface area contributed by atoms with Crippen LogP contribution in [0.25, 0.3) is 0 Å². The maximum Gasteiger partial charge on any atom is 0.289 e. The maximum atomic E-state index is 12.7. The smallest absolute Gasteiger partial charge is 0.289 e. The molecule has 1 saturated heterocycles. The van der Waals surface area contributed by atoms with Gasteiger partial charge in [0.25, 0.3) is 15.9 Å². The lowest BCUT2D eigenvalue weighted by atomic mass is 10.3. The third-order valence-electron chi connectivity index (χ3n) is 3.62. The van der Waals surface area contributed by atoms with Gasteiger partial charge in [0.05, 0.1) is 12.5 Å². The Morgan fingerprint density at radius 2 is 2.00 bits per heavy atom. The van der Waals surface area contributed by atoms with E-state index in [-0.39, 0.29) is 53.1 Å². The molecule has 2 aromatic rings. The second kappa shape index (κ2) is 6.94. The number of nitrogens with zero attached hydrogens (tertiary/aromatic N) is 3. The monoisotopic (exact) mass is 384 g/mol. The largest absolute Gasteiger partial charge is 0.459 e. The van der Waals surface area contributed by atoms with Crippen LogP contribution >= 0.6 is 11.3 Å². The maximum absolute atomic E-state index is 12.7. The highest BCUT2D eigenvalue weighted by Gasteiger charge is 2.32. The fourth-order valence-electron chi connectivity index (χ4n) is 2.40. The van der Waals surface area contributed by atoms with Crippen molar-refractivity contribution in [3.63, 3.8) is 0 Å². The lowest BCUT2D eigenvalue weighted by molar-refractivity contribution is -0.114. The zero-order valence-electron chi connectivity index (χ0n) is 13.3. The third kappa shape index (κ3) is 3.72. The Hall–Kier alpha value is -2.24. The molecule has 0 aliphatic carbocycles. The van der Waals surface area contributed by atoms with Crippen molar-refractivity contribution in [3.8, 4) is 0 Å². The normalized spacial score (nSPS) is 16.0. The first-order valence-corrected chi connectivity index (χ1v) is 9.70. The van der Waals surface area contributed by atoms with Crippen LogP contribution in [-0.4, -0.2) is 60.6 Å². The molecule has 0 spiro atoms. The van der Waals surface area contributed by atoms with Gasteiger partial charge in [-0.15, -0.1) is 0 Å². The van der Waals surface area contributed by atoms with E-state index in [1.807, 2.05) is 0 Å². The van der Waals surface area contributed by atoms with Gasteiger partial charge in [0.1, 0.15) is 0 Å². The number of aromatic nitrogens is 1. The van der Waals surface area contributed by atoms with Crippen molar-refractivity contribution in [3.05, 3.63) is 30.4 Å². The molecule has 0 unspecified atom stereocenters. The minimum atomic E-state index is -3.70. The molecule has 3 rings (SSSR count). The molecule has 134 valence electrons. The van der Waals surface area contributed by atoms with E-state index in [2.05, 4.69) is 10.3 Å². The molecule has 1 aliphatic rings. The zero-order valence-corrected chi connectivity index (χ0v) is 15.0. The molecule has 0 saturated carbocycles. The predicted molar refractivity (Wildman–Crippen MR) is 89.8 cm³/mol. The Kier molecular flexibility index (Phi) is 4.88. The Labute approximate surface area is 148 Å². The molecule has 1 N–H and O–H groups in total. The highest BCUT2D eigenvalue weighted by molar-refractivity contribution is 7.91. The highest BCUT2D eigenvalue weighted by atomic mass is 32.2. The summed E-state index contributed by atoms with van der Waals surface area (Å²) in [6, 6.07) is 3.21. The van der Waals surface area contributed by atoms with Crippen LogP contribution < -0.4 is 5.32 Å². The minimum absolute atomic E-state index is 0.0575. The van der Waals surface area contributed by atoms with Crippen molar-refractivity contribution in [2.45, 2.75) is 11.1 Å². The average Bonchev–Trinajstić information content (AvgIpc) is 3.25. The molecular weight excluding hydrogens is 368 g/mol. The molecule has 0 aromatic carbocycles. The number of hydrogen-bond acceptors (Lipinski definition) is 7. The summed E-state index contributed by atoms with van der Waals surface area (Å²) in [5.74, 6) is -0.338. The summed E-state index contributed by atoms with van der Waals surface area (Å²) < 4.78 is 31.8. The van der Waals surface area contributed by atoms with Crippen molar-refractivity contribution in [2.24, 2.45) is 0 Å². The number of piperazine rings is 1. The number of carbonyl (C=O) groups is 2. The highest BCUT2D eigenvalue weighted by Crippen LogP contribution is 2.26. The topological polar surface area (TPSA) is 113 Å². The van der Waals surface area contributed by atoms with Gasteiger partial charge >= 0.3 is 0 Å².